The molecule has 0 bridgehead atoms. The van der Waals surface area contributed by atoms with E-state index >= 15 is 0 Å². The number of hydrogen-bond donors (Lipinski definition) is 1. The van der Waals surface area contributed by atoms with Crippen molar-refractivity contribution < 1.29 is 14.3 Å². The normalized spacial score (nSPS) is 11.8. The number of carboxylic acids is 1. The van der Waals surface area contributed by atoms with Crippen molar-refractivity contribution in [2.45, 2.75) is 13.8 Å². The molecule has 0 aliphatic heterocycles. The number of aliphatic carboxylic acids is 1. The first-order valence-electron chi connectivity index (χ1n) is 3.68. The van der Waals surface area contributed by atoms with Gasteiger partial charge >= 0.3 is 5.97 Å². The van der Waals surface area contributed by atoms with Crippen LogP contribution in [0.2, 0.25) is 0 Å². The maximum absolute atomic E-state index is 10.3. The van der Waals surface area contributed by atoms with Crippen molar-refractivity contribution in [1.29, 1.82) is 0 Å². The highest BCUT2D eigenvalue weighted by Gasteiger charge is 2.08. The summed E-state index contributed by atoms with van der Waals surface area (Å²) in [4.78, 5) is 10.3. The largest absolute Gasteiger partial charge is 0.478 e. The van der Waals surface area contributed by atoms with Gasteiger partial charge in [0, 0.05) is 11.6 Å². The molecular formula is C9H9ClO3. The molecule has 0 aliphatic rings. The number of furan rings is 1. The van der Waals surface area contributed by atoms with Gasteiger partial charge in [-0.2, -0.15) is 0 Å². The second kappa shape index (κ2) is 3.66. The Morgan fingerprint density at radius 1 is 1.62 bits per heavy atom. The molecule has 1 aromatic rings. The summed E-state index contributed by atoms with van der Waals surface area (Å²) in [5, 5.41) is 8.63. The summed E-state index contributed by atoms with van der Waals surface area (Å²) in [7, 11) is 0. The smallest absolute Gasteiger partial charge is 0.329 e. The standard InChI is InChI=1S/C9H9ClO3/c1-5-3-7(6(2)13-5)8(10)4-9(11)12/h3-4H,1-2H3,(H,11,12). The zero-order chi connectivity index (χ0) is 10.0. The molecule has 13 heavy (non-hydrogen) atoms. The van der Waals surface area contributed by atoms with Crippen LogP contribution in [-0.2, 0) is 4.79 Å². The van der Waals surface area contributed by atoms with Crippen molar-refractivity contribution in [2.24, 2.45) is 0 Å². The molecule has 3 nitrogen and oxygen atoms in total. The van der Waals surface area contributed by atoms with Gasteiger partial charge in [0.05, 0.1) is 5.03 Å². The van der Waals surface area contributed by atoms with Crippen LogP contribution in [0.3, 0.4) is 0 Å². The Balaban J connectivity index is 3.08. The van der Waals surface area contributed by atoms with Gasteiger partial charge in [-0.05, 0) is 19.9 Å². The molecule has 70 valence electrons. The van der Waals surface area contributed by atoms with Crippen molar-refractivity contribution in [2.75, 3.05) is 0 Å². The van der Waals surface area contributed by atoms with E-state index in [2.05, 4.69) is 0 Å². The Kier molecular flexibility index (Phi) is 2.78. The van der Waals surface area contributed by atoms with E-state index in [1.54, 1.807) is 19.9 Å². The van der Waals surface area contributed by atoms with Gasteiger partial charge in [0.25, 0.3) is 0 Å². The number of rotatable bonds is 2. The van der Waals surface area contributed by atoms with Gasteiger partial charge in [0.1, 0.15) is 11.5 Å². The summed E-state index contributed by atoms with van der Waals surface area (Å²) in [5.41, 5.74) is 0.626. The molecule has 0 atom stereocenters. The number of aryl methyl sites for hydroxylation is 2. The predicted molar refractivity (Wildman–Crippen MR) is 49.6 cm³/mol. The van der Waals surface area contributed by atoms with Gasteiger partial charge in [-0.15, -0.1) is 0 Å². The number of hydrogen-bond acceptors (Lipinski definition) is 2. The summed E-state index contributed by atoms with van der Waals surface area (Å²) >= 11 is 5.74. The van der Waals surface area contributed by atoms with Crippen molar-refractivity contribution >= 4 is 22.6 Å². The van der Waals surface area contributed by atoms with Crippen molar-refractivity contribution in [1.82, 2.24) is 0 Å². The number of halogens is 1. The number of carboxylic acid groups (broad SMARTS) is 1. The monoisotopic (exact) mass is 200 g/mol. The summed E-state index contributed by atoms with van der Waals surface area (Å²) in [6.07, 6.45) is 0.943. The van der Waals surface area contributed by atoms with Crippen LogP contribution in [-0.4, -0.2) is 11.1 Å². The van der Waals surface area contributed by atoms with E-state index in [0.717, 1.165) is 6.08 Å². The molecule has 1 rings (SSSR count). The minimum atomic E-state index is -1.07. The van der Waals surface area contributed by atoms with Crippen LogP contribution < -0.4 is 0 Å². The Labute approximate surface area is 80.6 Å². The van der Waals surface area contributed by atoms with Gasteiger partial charge in [-0.3, -0.25) is 0 Å². The van der Waals surface area contributed by atoms with Crippen molar-refractivity contribution in [3.8, 4) is 0 Å². The van der Waals surface area contributed by atoms with E-state index in [1.165, 1.54) is 0 Å². The maximum atomic E-state index is 10.3. The molecule has 1 N–H and O–H groups in total. The third-order valence-electron chi connectivity index (χ3n) is 1.55. The average Bonchev–Trinajstić information content (AvgIpc) is 2.28. The lowest BCUT2D eigenvalue weighted by atomic mass is 10.2. The van der Waals surface area contributed by atoms with E-state index < -0.39 is 5.97 Å². The number of carbonyl (C=O) groups is 1. The third kappa shape index (κ3) is 2.36. The van der Waals surface area contributed by atoms with Crippen LogP contribution in [0.1, 0.15) is 17.1 Å². The van der Waals surface area contributed by atoms with Gasteiger partial charge in [0.2, 0.25) is 0 Å². The zero-order valence-corrected chi connectivity index (χ0v) is 8.05. The Hall–Kier alpha value is -1.22. The highest BCUT2D eigenvalue weighted by molar-refractivity contribution is 6.50. The van der Waals surface area contributed by atoms with Crippen LogP contribution in [0.25, 0.3) is 5.03 Å². The Bertz CT molecular complexity index is 363. The van der Waals surface area contributed by atoms with Gasteiger partial charge in [0.15, 0.2) is 0 Å². The van der Waals surface area contributed by atoms with Crippen molar-refractivity contribution in [3.05, 3.63) is 29.2 Å². The van der Waals surface area contributed by atoms with E-state index in [9.17, 15) is 4.79 Å². The minimum Gasteiger partial charge on any atom is -0.478 e. The van der Waals surface area contributed by atoms with Crippen LogP contribution in [0, 0.1) is 13.8 Å². The fraction of sp³-hybridized carbons (Fsp3) is 0.222. The van der Waals surface area contributed by atoms with Gasteiger partial charge in [-0.1, -0.05) is 11.6 Å². The maximum Gasteiger partial charge on any atom is 0.329 e. The van der Waals surface area contributed by atoms with E-state index in [4.69, 9.17) is 21.1 Å². The zero-order valence-electron chi connectivity index (χ0n) is 7.30. The molecule has 0 amide bonds. The van der Waals surface area contributed by atoms with Crippen LogP contribution in [0.15, 0.2) is 16.6 Å². The summed E-state index contributed by atoms with van der Waals surface area (Å²) in [6, 6.07) is 1.71. The second-order valence-electron chi connectivity index (χ2n) is 2.66. The Morgan fingerprint density at radius 3 is 2.62 bits per heavy atom. The van der Waals surface area contributed by atoms with E-state index in [-0.39, 0.29) is 5.03 Å². The molecule has 1 heterocycles. The lowest BCUT2D eigenvalue weighted by molar-refractivity contribution is -0.131. The molecule has 0 saturated heterocycles. The first kappa shape index (κ1) is 9.86. The molecule has 1 aromatic heterocycles. The topological polar surface area (TPSA) is 50.4 Å². The summed E-state index contributed by atoms with van der Waals surface area (Å²) in [5.74, 6) is 0.271. The fourth-order valence-corrected chi connectivity index (χ4v) is 1.34. The van der Waals surface area contributed by atoms with Crippen molar-refractivity contribution in [3.63, 3.8) is 0 Å². The SMILES string of the molecule is Cc1cc(C(Cl)=CC(=O)O)c(C)o1. The highest BCUT2D eigenvalue weighted by atomic mass is 35.5. The lowest BCUT2D eigenvalue weighted by Crippen LogP contribution is -1.88. The third-order valence-corrected chi connectivity index (χ3v) is 1.86. The van der Waals surface area contributed by atoms with Crippen LogP contribution >= 0.6 is 11.6 Å². The molecule has 0 saturated carbocycles. The lowest BCUT2D eigenvalue weighted by Gasteiger charge is -1.92. The Morgan fingerprint density at radius 2 is 2.23 bits per heavy atom. The molecule has 0 aliphatic carbocycles. The molecule has 0 spiro atoms. The molecule has 0 aromatic carbocycles. The van der Waals surface area contributed by atoms with Gasteiger partial charge in [-0.25, -0.2) is 4.79 Å². The highest BCUT2D eigenvalue weighted by Crippen LogP contribution is 2.25. The van der Waals surface area contributed by atoms with Crippen LogP contribution in [0.4, 0.5) is 0 Å². The van der Waals surface area contributed by atoms with Gasteiger partial charge < -0.3 is 9.52 Å². The van der Waals surface area contributed by atoms with E-state index in [0.29, 0.717) is 17.1 Å². The first-order valence-corrected chi connectivity index (χ1v) is 4.06. The molecule has 0 radical (unpaired) electrons. The summed E-state index contributed by atoms with van der Waals surface area (Å²) < 4.78 is 5.20. The first-order chi connectivity index (χ1) is 6.00. The summed E-state index contributed by atoms with van der Waals surface area (Å²) in [6.45, 7) is 3.52. The average molecular weight is 201 g/mol. The molecule has 0 fully saturated rings. The minimum absolute atomic E-state index is 0.182. The second-order valence-corrected chi connectivity index (χ2v) is 3.06. The molecule has 0 unspecified atom stereocenters. The van der Waals surface area contributed by atoms with E-state index in [1.807, 2.05) is 0 Å². The van der Waals surface area contributed by atoms with Crippen LogP contribution in [0.5, 0.6) is 0 Å². The molecule has 4 heteroatoms. The fourth-order valence-electron chi connectivity index (χ4n) is 1.05. The quantitative estimate of drug-likeness (QED) is 0.747. The predicted octanol–water partition coefficient (Wildman–Crippen LogP) is 2.56. The molecular weight excluding hydrogens is 192 g/mol.